The first kappa shape index (κ1) is 26.8. The molecule has 0 atom stereocenters. The summed E-state index contributed by atoms with van der Waals surface area (Å²) in [6.07, 6.45) is 0. The normalized spacial score (nSPS) is 12.6. The third-order valence-electron chi connectivity index (χ3n) is 11.5. The van der Waals surface area contributed by atoms with Crippen LogP contribution in [0.25, 0.3) is 98.1 Å². The Morgan fingerprint density at radius 3 is 1.73 bits per heavy atom. The second-order valence-corrected chi connectivity index (χ2v) is 14.0. The molecule has 0 radical (unpaired) electrons. The lowest BCUT2D eigenvalue weighted by atomic mass is 9.98. The van der Waals surface area contributed by atoms with Gasteiger partial charge in [0.1, 0.15) is 11.2 Å². The molecule has 0 spiro atoms. The SMILES string of the molecule is c1ccc(N(c2ccccc2)c2ccc3c4c5c6c7c(ccc6n6c8ccccc8c(cc4n4c8ccccc8c2c34)c56)oc2ccccc27)cc1. The molecule has 0 aliphatic rings. The molecule has 5 aromatic heterocycles. The van der Waals surface area contributed by atoms with Crippen LogP contribution in [0.5, 0.6) is 0 Å². The minimum atomic E-state index is 0.919. The van der Waals surface area contributed by atoms with Crippen molar-refractivity contribution in [3.8, 4) is 0 Å². The van der Waals surface area contributed by atoms with Crippen LogP contribution in [-0.2, 0) is 0 Å². The van der Waals surface area contributed by atoms with E-state index in [1.807, 2.05) is 0 Å². The molecular weight excluding hydrogens is 635 g/mol. The molecule has 4 heteroatoms. The lowest BCUT2D eigenvalue weighted by Crippen LogP contribution is -2.10. The van der Waals surface area contributed by atoms with Crippen LogP contribution in [-0.4, -0.2) is 8.80 Å². The van der Waals surface area contributed by atoms with Gasteiger partial charge in [-0.2, -0.15) is 0 Å². The molecule has 13 rings (SSSR count). The number of hydrogen-bond acceptors (Lipinski definition) is 2. The number of rotatable bonds is 3. The minimum Gasteiger partial charge on any atom is -0.456 e. The summed E-state index contributed by atoms with van der Waals surface area (Å²) < 4.78 is 11.6. The maximum Gasteiger partial charge on any atom is 0.136 e. The van der Waals surface area contributed by atoms with Crippen LogP contribution >= 0.6 is 0 Å². The van der Waals surface area contributed by atoms with E-state index >= 15 is 0 Å². The zero-order chi connectivity index (χ0) is 33.7. The molecule has 0 bridgehead atoms. The molecule has 8 aromatic carbocycles. The lowest BCUT2D eigenvalue weighted by molar-refractivity contribution is 0.669. The van der Waals surface area contributed by atoms with Crippen molar-refractivity contribution in [1.29, 1.82) is 0 Å². The molecule has 4 nitrogen and oxygen atoms in total. The standard InChI is InChI=1S/C48H27N3O/c1-3-13-28(14-4-1)49(29-15-5-2-6-16-29)37-24-23-33-42-39(51-36-21-11-8-18-31(36)43(37)47(33)51)27-34-30-17-7-10-20-35(30)50-38-25-26-41-44(45(38)46(42)48(34)50)32-19-9-12-22-40(32)52-41/h1-27H. The van der Waals surface area contributed by atoms with Gasteiger partial charge < -0.3 is 18.1 Å². The molecule has 0 fully saturated rings. The van der Waals surface area contributed by atoms with Gasteiger partial charge in [-0.15, -0.1) is 0 Å². The van der Waals surface area contributed by atoms with E-state index in [1.54, 1.807) is 0 Å². The maximum atomic E-state index is 6.52. The van der Waals surface area contributed by atoms with Crippen molar-refractivity contribution in [2.45, 2.75) is 0 Å². The number of furan rings is 1. The molecule has 0 unspecified atom stereocenters. The smallest absolute Gasteiger partial charge is 0.136 e. The fourth-order valence-corrected chi connectivity index (χ4v) is 9.60. The summed E-state index contributed by atoms with van der Waals surface area (Å²) in [5, 5.41) is 12.5. The van der Waals surface area contributed by atoms with Gasteiger partial charge in [0.05, 0.1) is 38.8 Å². The van der Waals surface area contributed by atoms with Crippen LogP contribution < -0.4 is 4.90 Å². The molecule has 240 valence electrons. The minimum absolute atomic E-state index is 0.919. The summed E-state index contributed by atoms with van der Waals surface area (Å²) >= 11 is 0. The first-order valence-electron chi connectivity index (χ1n) is 17.9. The number of fused-ring (bicyclic) bond motifs is 17. The van der Waals surface area contributed by atoms with E-state index in [-0.39, 0.29) is 0 Å². The zero-order valence-electron chi connectivity index (χ0n) is 27.8. The quantitative estimate of drug-likeness (QED) is 0.188. The van der Waals surface area contributed by atoms with Crippen LogP contribution in [0, 0.1) is 0 Å². The van der Waals surface area contributed by atoms with Gasteiger partial charge >= 0.3 is 0 Å². The zero-order valence-corrected chi connectivity index (χ0v) is 27.8. The predicted octanol–water partition coefficient (Wildman–Crippen LogP) is 13.4. The van der Waals surface area contributed by atoms with E-state index in [0.29, 0.717) is 0 Å². The number of para-hydroxylation sites is 5. The van der Waals surface area contributed by atoms with Crippen molar-refractivity contribution in [2.24, 2.45) is 0 Å². The van der Waals surface area contributed by atoms with Crippen molar-refractivity contribution < 1.29 is 4.42 Å². The average molecular weight is 662 g/mol. The highest BCUT2D eigenvalue weighted by Gasteiger charge is 2.29. The lowest BCUT2D eigenvalue weighted by Gasteiger charge is -2.26. The Labute approximate surface area is 296 Å². The number of anilines is 3. The highest BCUT2D eigenvalue weighted by molar-refractivity contribution is 6.42. The molecule has 0 amide bonds. The Morgan fingerprint density at radius 1 is 0.346 bits per heavy atom. The molecule has 52 heavy (non-hydrogen) atoms. The highest BCUT2D eigenvalue weighted by atomic mass is 16.3. The molecular formula is C48H27N3O. The van der Waals surface area contributed by atoms with Crippen molar-refractivity contribution in [3.63, 3.8) is 0 Å². The van der Waals surface area contributed by atoms with Gasteiger partial charge in [-0.3, -0.25) is 0 Å². The predicted molar refractivity (Wildman–Crippen MR) is 218 cm³/mol. The van der Waals surface area contributed by atoms with Crippen LogP contribution in [0.1, 0.15) is 0 Å². The first-order valence-corrected chi connectivity index (χ1v) is 17.9. The van der Waals surface area contributed by atoms with E-state index in [0.717, 1.165) is 27.9 Å². The fourth-order valence-electron chi connectivity index (χ4n) is 9.60. The average Bonchev–Trinajstić information content (AvgIpc) is 3.99. The molecule has 0 saturated carbocycles. The topological polar surface area (TPSA) is 25.2 Å². The van der Waals surface area contributed by atoms with E-state index in [2.05, 4.69) is 177 Å². The van der Waals surface area contributed by atoms with Gasteiger partial charge in [0.25, 0.3) is 0 Å². The Bertz CT molecular complexity index is 3530. The van der Waals surface area contributed by atoms with Crippen LogP contribution in [0.2, 0.25) is 0 Å². The monoisotopic (exact) mass is 661 g/mol. The summed E-state index contributed by atoms with van der Waals surface area (Å²) in [5.74, 6) is 0. The van der Waals surface area contributed by atoms with E-state index < -0.39 is 0 Å². The third-order valence-corrected chi connectivity index (χ3v) is 11.5. The summed E-state index contributed by atoms with van der Waals surface area (Å²) in [5.41, 5.74) is 12.7. The van der Waals surface area contributed by atoms with E-state index in [4.69, 9.17) is 4.42 Å². The highest BCUT2D eigenvalue weighted by Crippen LogP contribution is 2.52. The van der Waals surface area contributed by atoms with Gasteiger partial charge in [-0.1, -0.05) is 97.1 Å². The molecule has 0 saturated heterocycles. The Balaban J connectivity index is 1.30. The number of benzene rings is 8. The van der Waals surface area contributed by atoms with Gasteiger partial charge in [-0.05, 0) is 66.7 Å². The molecule has 13 aromatic rings. The Hall–Kier alpha value is -7.04. The first-order chi connectivity index (χ1) is 25.8. The van der Waals surface area contributed by atoms with E-state index in [9.17, 15) is 0 Å². The van der Waals surface area contributed by atoms with Crippen LogP contribution in [0.4, 0.5) is 17.1 Å². The van der Waals surface area contributed by atoms with Crippen LogP contribution in [0.3, 0.4) is 0 Å². The molecule has 5 heterocycles. The Morgan fingerprint density at radius 2 is 0.962 bits per heavy atom. The number of aromatic nitrogens is 2. The van der Waals surface area contributed by atoms with Gasteiger partial charge in [-0.25, -0.2) is 0 Å². The van der Waals surface area contributed by atoms with Crippen molar-refractivity contribution in [3.05, 3.63) is 164 Å². The fraction of sp³-hybridized carbons (Fsp3) is 0. The summed E-state index contributed by atoms with van der Waals surface area (Å²) in [4.78, 5) is 2.41. The van der Waals surface area contributed by atoms with Crippen LogP contribution in [0.15, 0.2) is 168 Å². The van der Waals surface area contributed by atoms with Crippen molar-refractivity contribution >= 4 is 115 Å². The van der Waals surface area contributed by atoms with Gasteiger partial charge in [0.2, 0.25) is 0 Å². The second-order valence-electron chi connectivity index (χ2n) is 14.0. The molecule has 0 aliphatic carbocycles. The summed E-state index contributed by atoms with van der Waals surface area (Å²) in [7, 11) is 0. The van der Waals surface area contributed by atoms with Crippen molar-refractivity contribution in [2.75, 3.05) is 4.90 Å². The largest absolute Gasteiger partial charge is 0.456 e. The summed E-state index contributed by atoms with van der Waals surface area (Å²) in [6, 6.07) is 59.4. The number of nitrogens with zero attached hydrogens (tertiary/aromatic N) is 3. The summed E-state index contributed by atoms with van der Waals surface area (Å²) in [6.45, 7) is 0. The molecule has 0 aliphatic heterocycles. The Kier molecular flexibility index (Phi) is 4.83. The van der Waals surface area contributed by atoms with E-state index in [1.165, 1.54) is 87.3 Å². The maximum absolute atomic E-state index is 6.52. The van der Waals surface area contributed by atoms with Gasteiger partial charge in [0.15, 0.2) is 0 Å². The van der Waals surface area contributed by atoms with Gasteiger partial charge in [0, 0.05) is 65.2 Å². The second kappa shape index (κ2) is 9.39. The number of hydrogen-bond donors (Lipinski definition) is 0. The third kappa shape index (κ3) is 3.11. The molecule has 0 N–H and O–H groups in total. The van der Waals surface area contributed by atoms with Crippen molar-refractivity contribution in [1.82, 2.24) is 8.80 Å².